The van der Waals surface area contributed by atoms with E-state index in [2.05, 4.69) is 5.32 Å². The van der Waals surface area contributed by atoms with Crippen LogP contribution in [-0.2, 0) is 16.1 Å². The number of benzene rings is 1. The van der Waals surface area contributed by atoms with Crippen molar-refractivity contribution < 1.29 is 19.1 Å². The van der Waals surface area contributed by atoms with Crippen LogP contribution in [0.3, 0.4) is 0 Å². The summed E-state index contributed by atoms with van der Waals surface area (Å²) in [5, 5.41) is 2.94. The van der Waals surface area contributed by atoms with E-state index >= 15 is 0 Å². The van der Waals surface area contributed by atoms with Crippen molar-refractivity contribution >= 4 is 11.8 Å². The molecule has 2 amide bonds. The molecule has 0 saturated carbocycles. The Bertz CT molecular complexity index is 574. The fourth-order valence-electron chi connectivity index (χ4n) is 2.80. The molecule has 0 bridgehead atoms. The van der Waals surface area contributed by atoms with E-state index in [4.69, 9.17) is 9.47 Å². The summed E-state index contributed by atoms with van der Waals surface area (Å²) >= 11 is 0. The van der Waals surface area contributed by atoms with E-state index in [1.54, 1.807) is 26.0 Å². The number of piperidine rings is 1. The average molecular weight is 320 g/mol. The molecule has 0 unspecified atom stereocenters. The Balaban J connectivity index is 1.92. The highest BCUT2D eigenvalue weighted by Crippen LogP contribution is 2.27. The van der Waals surface area contributed by atoms with Crippen molar-refractivity contribution in [3.05, 3.63) is 23.8 Å². The number of methoxy groups -OCH3 is 2. The van der Waals surface area contributed by atoms with E-state index in [0.717, 1.165) is 24.9 Å². The number of carbonyl (C=O) groups is 2. The van der Waals surface area contributed by atoms with E-state index in [9.17, 15) is 9.59 Å². The quantitative estimate of drug-likeness (QED) is 0.894. The number of nitrogens with one attached hydrogen (secondary N) is 1. The van der Waals surface area contributed by atoms with Gasteiger partial charge in [0.1, 0.15) is 0 Å². The third-order valence-electron chi connectivity index (χ3n) is 4.15. The molecule has 0 radical (unpaired) electrons. The maximum Gasteiger partial charge on any atom is 0.225 e. The number of carbonyl (C=O) groups excluding carboxylic acids is 2. The standard InChI is InChI=1S/C17H24N2O4/c1-12(20)19-8-4-5-14(11-19)17(21)18-10-13-6-7-15(22-2)16(9-13)23-3/h6-7,9,14H,4-5,8,10-11H2,1-3H3,(H,18,21)/t14-/m1/s1. The normalized spacial score (nSPS) is 17.5. The topological polar surface area (TPSA) is 67.9 Å². The van der Waals surface area contributed by atoms with E-state index in [1.807, 2.05) is 18.2 Å². The minimum atomic E-state index is -0.132. The zero-order valence-electron chi connectivity index (χ0n) is 13.9. The third-order valence-corrected chi connectivity index (χ3v) is 4.15. The molecule has 1 aromatic carbocycles. The van der Waals surface area contributed by atoms with E-state index < -0.39 is 0 Å². The molecule has 1 N–H and O–H groups in total. The smallest absolute Gasteiger partial charge is 0.225 e. The molecule has 1 aromatic rings. The second-order valence-corrected chi connectivity index (χ2v) is 5.71. The van der Waals surface area contributed by atoms with Gasteiger partial charge in [-0.2, -0.15) is 0 Å². The molecule has 2 rings (SSSR count). The lowest BCUT2D eigenvalue weighted by Crippen LogP contribution is -2.44. The van der Waals surface area contributed by atoms with Gasteiger partial charge >= 0.3 is 0 Å². The van der Waals surface area contributed by atoms with Gasteiger partial charge in [-0.05, 0) is 30.5 Å². The number of rotatable bonds is 5. The number of likely N-dealkylation sites (tertiary alicyclic amines) is 1. The first kappa shape index (κ1) is 17.1. The van der Waals surface area contributed by atoms with Crippen LogP contribution in [0.5, 0.6) is 11.5 Å². The van der Waals surface area contributed by atoms with Gasteiger partial charge in [0.15, 0.2) is 11.5 Å². The van der Waals surface area contributed by atoms with Crippen molar-refractivity contribution in [2.75, 3.05) is 27.3 Å². The molecule has 0 aromatic heterocycles. The maximum atomic E-state index is 12.3. The molecular formula is C17H24N2O4. The number of hydrogen-bond donors (Lipinski definition) is 1. The molecule has 1 heterocycles. The number of nitrogens with zero attached hydrogens (tertiary/aromatic N) is 1. The van der Waals surface area contributed by atoms with Crippen LogP contribution in [0.25, 0.3) is 0 Å². The van der Waals surface area contributed by atoms with Crippen LogP contribution >= 0.6 is 0 Å². The van der Waals surface area contributed by atoms with Crippen molar-refractivity contribution in [2.45, 2.75) is 26.3 Å². The Morgan fingerprint density at radius 2 is 2.00 bits per heavy atom. The highest BCUT2D eigenvalue weighted by Gasteiger charge is 2.26. The van der Waals surface area contributed by atoms with Crippen molar-refractivity contribution in [2.24, 2.45) is 5.92 Å². The van der Waals surface area contributed by atoms with Crippen LogP contribution in [0.4, 0.5) is 0 Å². The minimum Gasteiger partial charge on any atom is -0.493 e. The largest absolute Gasteiger partial charge is 0.493 e. The first-order valence-electron chi connectivity index (χ1n) is 7.79. The third kappa shape index (κ3) is 4.37. The van der Waals surface area contributed by atoms with E-state index in [1.165, 1.54) is 0 Å². The van der Waals surface area contributed by atoms with E-state index in [-0.39, 0.29) is 17.7 Å². The molecule has 1 atom stereocenters. The zero-order valence-corrected chi connectivity index (χ0v) is 13.9. The van der Waals surface area contributed by atoms with Crippen molar-refractivity contribution in [3.63, 3.8) is 0 Å². The highest BCUT2D eigenvalue weighted by atomic mass is 16.5. The van der Waals surface area contributed by atoms with Crippen molar-refractivity contribution in [1.82, 2.24) is 10.2 Å². The van der Waals surface area contributed by atoms with Crippen LogP contribution < -0.4 is 14.8 Å². The monoisotopic (exact) mass is 320 g/mol. The van der Waals surface area contributed by atoms with Gasteiger partial charge in [-0.3, -0.25) is 9.59 Å². The van der Waals surface area contributed by atoms with Gasteiger partial charge in [0, 0.05) is 26.6 Å². The summed E-state index contributed by atoms with van der Waals surface area (Å²) in [7, 11) is 3.17. The first-order chi connectivity index (χ1) is 11.0. The van der Waals surface area contributed by atoms with Crippen LogP contribution in [-0.4, -0.2) is 44.0 Å². The van der Waals surface area contributed by atoms with Gasteiger partial charge in [-0.1, -0.05) is 6.07 Å². The zero-order chi connectivity index (χ0) is 16.8. The SMILES string of the molecule is COc1ccc(CNC(=O)[C@@H]2CCCN(C(C)=O)C2)cc1OC. The Labute approximate surface area is 136 Å². The predicted molar refractivity (Wildman–Crippen MR) is 86.4 cm³/mol. The van der Waals surface area contributed by atoms with Gasteiger partial charge in [0.2, 0.25) is 11.8 Å². The molecule has 1 fully saturated rings. The molecule has 126 valence electrons. The molecule has 6 heteroatoms. The van der Waals surface area contributed by atoms with Crippen molar-refractivity contribution in [1.29, 1.82) is 0 Å². The number of amides is 2. The molecule has 1 aliphatic heterocycles. The molecular weight excluding hydrogens is 296 g/mol. The second-order valence-electron chi connectivity index (χ2n) is 5.71. The number of ether oxygens (including phenoxy) is 2. The summed E-state index contributed by atoms with van der Waals surface area (Å²) in [6.45, 7) is 3.22. The lowest BCUT2D eigenvalue weighted by atomic mass is 9.97. The van der Waals surface area contributed by atoms with Crippen LogP contribution in [0.1, 0.15) is 25.3 Å². The molecule has 0 spiro atoms. The Morgan fingerprint density at radius 3 is 2.65 bits per heavy atom. The Kier molecular flexibility index (Phi) is 5.84. The highest BCUT2D eigenvalue weighted by molar-refractivity contribution is 5.80. The van der Waals surface area contributed by atoms with Gasteiger partial charge in [-0.15, -0.1) is 0 Å². The fraction of sp³-hybridized carbons (Fsp3) is 0.529. The fourth-order valence-corrected chi connectivity index (χ4v) is 2.80. The van der Waals surface area contributed by atoms with Crippen LogP contribution in [0.2, 0.25) is 0 Å². The lowest BCUT2D eigenvalue weighted by molar-refractivity contribution is -0.134. The predicted octanol–water partition coefficient (Wildman–Crippen LogP) is 1.58. The summed E-state index contributed by atoms with van der Waals surface area (Å²) in [6, 6.07) is 5.56. The molecule has 0 aliphatic carbocycles. The lowest BCUT2D eigenvalue weighted by Gasteiger charge is -2.31. The molecule has 23 heavy (non-hydrogen) atoms. The average Bonchev–Trinajstić information content (AvgIpc) is 2.59. The summed E-state index contributed by atoms with van der Waals surface area (Å²) < 4.78 is 10.5. The first-order valence-corrected chi connectivity index (χ1v) is 7.79. The van der Waals surface area contributed by atoms with Gasteiger partial charge in [0.25, 0.3) is 0 Å². The van der Waals surface area contributed by atoms with Gasteiger partial charge in [0.05, 0.1) is 20.1 Å². The summed E-state index contributed by atoms with van der Waals surface area (Å²) in [5.41, 5.74) is 0.940. The number of hydrogen-bond acceptors (Lipinski definition) is 4. The molecule has 1 aliphatic rings. The van der Waals surface area contributed by atoms with Gasteiger partial charge < -0.3 is 19.7 Å². The van der Waals surface area contributed by atoms with Crippen LogP contribution in [0, 0.1) is 5.92 Å². The summed E-state index contributed by atoms with van der Waals surface area (Å²) in [5.74, 6) is 1.19. The molecule has 1 saturated heterocycles. The van der Waals surface area contributed by atoms with E-state index in [0.29, 0.717) is 24.6 Å². The summed E-state index contributed by atoms with van der Waals surface area (Å²) in [4.78, 5) is 25.5. The van der Waals surface area contributed by atoms with Crippen molar-refractivity contribution in [3.8, 4) is 11.5 Å². The Morgan fingerprint density at radius 1 is 1.26 bits per heavy atom. The summed E-state index contributed by atoms with van der Waals surface area (Å²) in [6.07, 6.45) is 1.69. The minimum absolute atomic E-state index is 0.00858. The maximum absolute atomic E-state index is 12.3. The molecule has 6 nitrogen and oxygen atoms in total. The second kappa shape index (κ2) is 7.85. The van der Waals surface area contributed by atoms with Gasteiger partial charge in [-0.25, -0.2) is 0 Å². The Hall–Kier alpha value is -2.24. The van der Waals surface area contributed by atoms with Crippen LogP contribution in [0.15, 0.2) is 18.2 Å².